The number of halogens is 1. The molecule has 0 amide bonds. The van der Waals surface area contributed by atoms with E-state index in [1.807, 2.05) is 0 Å². The fraction of sp³-hybridized carbons (Fsp3) is 0.333. The Hall–Kier alpha value is -1.33. The molecule has 1 aromatic heterocycles. The third-order valence-electron chi connectivity index (χ3n) is 1.66. The van der Waals surface area contributed by atoms with Crippen molar-refractivity contribution < 1.29 is 14.3 Å². The quantitative estimate of drug-likeness (QED) is 0.768. The van der Waals surface area contributed by atoms with E-state index in [-0.39, 0.29) is 6.61 Å². The summed E-state index contributed by atoms with van der Waals surface area (Å²) in [5.74, 6) is -0.0915. The summed E-state index contributed by atoms with van der Waals surface area (Å²) in [5.41, 5.74) is 5.47. The number of rotatable bonds is 4. The lowest BCUT2D eigenvalue weighted by Gasteiger charge is -2.11. The Balaban J connectivity index is 2.50. The lowest BCUT2D eigenvalue weighted by Crippen LogP contribution is -2.37. The number of nitrogens with zero attached hydrogens (tertiary/aromatic N) is 1. The molecule has 0 saturated carbocycles. The molecular formula is C9H11ClN2O3. The largest absolute Gasteiger partial charge is 0.490 e. The van der Waals surface area contributed by atoms with Crippen molar-refractivity contribution in [3.63, 3.8) is 0 Å². The molecule has 6 heteroatoms. The van der Waals surface area contributed by atoms with E-state index in [4.69, 9.17) is 22.1 Å². The fourth-order valence-corrected chi connectivity index (χ4v) is 1.05. The zero-order valence-corrected chi connectivity index (χ0v) is 8.90. The molecule has 2 N–H and O–H groups in total. The van der Waals surface area contributed by atoms with Gasteiger partial charge in [-0.15, -0.1) is 0 Å². The van der Waals surface area contributed by atoms with Gasteiger partial charge in [-0.05, 0) is 0 Å². The zero-order chi connectivity index (χ0) is 11.3. The van der Waals surface area contributed by atoms with Gasteiger partial charge in [0.1, 0.15) is 23.4 Å². The average molecular weight is 231 g/mol. The Kier molecular flexibility index (Phi) is 4.33. The molecule has 1 unspecified atom stereocenters. The van der Waals surface area contributed by atoms with E-state index >= 15 is 0 Å². The molecule has 0 aromatic carbocycles. The number of nitrogens with two attached hydrogens (primary N) is 1. The summed E-state index contributed by atoms with van der Waals surface area (Å²) in [6.45, 7) is 0.0103. The van der Waals surface area contributed by atoms with Crippen LogP contribution in [0.1, 0.15) is 0 Å². The molecule has 0 radical (unpaired) electrons. The van der Waals surface area contributed by atoms with Crippen LogP contribution in [0, 0.1) is 0 Å². The highest BCUT2D eigenvalue weighted by molar-refractivity contribution is 6.31. The summed E-state index contributed by atoms with van der Waals surface area (Å²) in [5, 5.41) is 0.370. The van der Waals surface area contributed by atoms with Crippen molar-refractivity contribution in [3.05, 3.63) is 23.5 Å². The van der Waals surface area contributed by atoms with Gasteiger partial charge in [0.15, 0.2) is 0 Å². The van der Waals surface area contributed by atoms with Gasteiger partial charge >= 0.3 is 5.97 Å². The van der Waals surface area contributed by atoms with E-state index in [9.17, 15) is 4.79 Å². The number of pyridine rings is 1. The Labute approximate surface area is 92.1 Å². The van der Waals surface area contributed by atoms with Crippen molar-refractivity contribution in [2.45, 2.75) is 6.04 Å². The molecule has 5 nitrogen and oxygen atoms in total. The van der Waals surface area contributed by atoms with Gasteiger partial charge in [-0.3, -0.25) is 9.78 Å². The Bertz CT molecular complexity index is 346. The van der Waals surface area contributed by atoms with Crippen LogP contribution in [0.4, 0.5) is 0 Å². The molecule has 1 rings (SSSR count). The first-order chi connectivity index (χ1) is 7.15. The standard InChI is InChI=1S/C9H11ClN2O3/c1-14-9(13)7(11)5-15-8-2-3-12-4-6(8)10/h2-4,7H,5,11H2,1H3. The molecular weight excluding hydrogens is 220 g/mol. The number of aromatic nitrogens is 1. The van der Waals surface area contributed by atoms with Crippen LogP contribution in [0.15, 0.2) is 18.5 Å². The number of esters is 1. The fourth-order valence-electron chi connectivity index (χ4n) is 0.878. The Morgan fingerprint density at radius 3 is 3.07 bits per heavy atom. The summed E-state index contributed by atoms with van der Waals surface area (Å²) >= 11 is 5.78. The van der Waals surface area contributed by atoms with Gasteiger partial charge in [0.2, 0.25) is 0 Å². The van der Waals surface area contributed by atoms with Crippen LogP contribution in [-0.4, -0.2) is 30.7 Å². The second-order valence-electron chi connectivity index (χ2n) is 2.75. The monoisotopic (exact) mass is 230 g/mol. The number of ether oxygens (including phenoxy) is 2. The van der Waals surface area contributed by atoms with Gasteiger partial charge in [0, 0.05) is 18.5 Å². The van der Waals surface area contributed by atoms with Crippen molar-refractivity contribution in [2.24, 2.45) is 5.73 Å². The average Bonchev–Trinajstić information content (AvgIpc) is 2.26. The van der Waals surface area contributed by atoms with E-state index in [1.54, 1.807) is 6.07 Å². The van der Waals surface area contributed by atoms with Gasteiger partial charge in [-0.2, -0.15) is 0 Å². The first-order valence-corrected chi connectivity index (χ1v) is 4.58. The van der Waals surface area contributed by atoms with Gasteiger partial charge in [-0.25, -0.2) is 0 Å². The van der Waals surface area contributed by atoms with Crippen LogP contribution in [0.2, 0.25) is 5.02 Å². The van der Waals surface area contributed by atoms with Gasteiger partial charge in [0.05, 0.1) is 7.11 Å². The van der Waals surface area contributed by atoms with Crippen LogP contribution in [0.3, 0.4) is 0 Å². The molecule has 15 heavy (non-hydrogen) atoms. The van der Waals surface area contributed by atoms with Crippen LogP contribution in [-0.2, 0) is 9.53 Å². The minimum absolute atomic E-state index is 0.0103. The lowest BCUT2D eigenvalue weighted by atomic mass is 10.3. The summed E-state index contributed by atoms with van der Waals surface area (Å²) in [6.07, 6.45) is 2.98. The normalized spacial score (nSPS) is 11.9. The molecule has 1 heterocycles. The summed E-state index contributed by atoms with van der Waals surface area (Å²) in [6, 6.07) is 0.769. The third kappa shape index (κ3) is 3.38. The SMILES string of the molecule is COC(=O)C(N)COc1ccncc1Cl. The highest BCUT2D eigenvalue weighted by Crippen LogP contribution is 2.21. The molecule has 1 aromatic rings. The Morgan fingerprint density at radius 2 is 2.47 bits per heavy atom. The third-order valence-corrected chi connectivity index (χ3v) is 1.94. The molecule has 0 aliphatic rings. The number of carbonyl (C=O) groups excluding carboxylic acids is 1. The Morgan fingerprint density at radius 1 is 1.73 bits per heavy atom. The number of hydrogen-bond acceptors (Lipinski definition) is 5. The van der Waals surface area contributed by atoms with Crippen LogP contribution >= 0.6 is 11.6 Å². The van der Waals surface area contributed by atoms with Crippen molar-refractivity contribution in [1.82, 2.24) is 4.98 Å². The highest BCUT2D eigenvalue weighted by atomic mass is 35.5. The minimum atomic E-state index is -0.820. The minimum Gasteiger partial charge on any atom is -0.490 e. The van der Waals surface area contributed by atoms with Crippen LogP contribution < -0.4 is 10.5 Å². The van der Waals surface area contributed by atoms with Gasteiger partial charge in [0.25, 0.3) is 0 Å². The summed E-state index contributed by atoms with van der Waals surface area (Å²) in [4.78, 5) is 14.7. The molecule has 0 aliphatic carbocycles. The van der Waals surface area contributed by atoms with E-state index in [1.165, 1.54) is 19.5 Å². The predicted molar refractivity (Wildman–Crippen MR) is 54.7 cm³/mol. The molecule has 82 valence electrons. The second kappa shape index (κ2) is 5.53. The number of methoxy groups -OCH3 is 1. The van der Waals surface area contributed by atoms with Crippen LogP contribution in [0.25, 0.3) is 0 Å². The predicted octanol–water partition coefficient (Wildman–Crippen LogP) is 0.614. The van der Waals surface area contributed by atoms with Crippen molar-refractivity contribution >= 4 is 17.6 Å². The first kappa shape index (κ1) is 11.7. The molecule has 0 saturated heterocycles. The van der Waals surface area contributed by atoms with Gasteiger partial charge in [-0.1, -0.05) is 11.6 Å². The molecule has 1 atom stereocenters. The smallest absolute Gasteiger partial charge is 0.326 e. The van der Waals surface area contributed by atoms with Crippen molar-refractivity contribution in [2.75, 3.05) is 13.7 Å². The highest BCUT2D eigenvalue weighted by Gasteiger charge is 2.14. The van der Waals surface area contributed by atoms with E-state index in [0.29, 0.717) is 10.8 Å². The second-order valence-corrected chi connectivity index (χ2v) is 3.15. The van der Waals surface area contributed by atoms with E-state index in [2.05, 4.69) is 9.72 Å². The molecule has 0 spiro atoms. The maximum absolute atomic E-state index is 10.9. The zero-order valence-electron chi connectivity index (χ0n) is 8.14. The van der Waals surface area contributed by atoms with E-state index < -0.39 is 12.0 Å². The topological polar surface area (TPSA) is 74.4 Å². The molecule has 0 bridgehead atoms. The first-order valence-electron chi connectivity index (χ1n) is 4.21. The van der Waals surface area contributed by atoms with Gasteiger partial charge < -0.3 is 15.2 Å². The molecule has 0 fully saturated rings. The maximum atomic E-state index is 10.9. The summed E-state index contributed by atoms with van der Waals surface area (Å²) in [7, 11) is 1.27. The number of hydrogen-bond donors (Lipinski definition) is 1. The summed E-state index contributed by atoms with van der Waals surface area (Å²) < 4.78 is 9.67. The lowest BCUT2D eigenvalue weighted by molar-refractivity contribution is -0.142. The van der Waals surface area contributed by atoms with E-state index in [0.717, 1.165) is 0 Å². The van der Waals surface area contributed by atoms with Crippen LogP contribution in [0.5, 0.6) is 5.75 Å². The van der Waals surface area contributed by atoms with Crippen molar-refractivity contribution in [1.29, 1.82) is 0 Å². The van der Waals surface area contributed by atoms with Crippen molar-refractivity contribution in [3.8, 4) is 5.75 Å². The maximum Gasteiger partial charge on any atom is 0.326 e. The molecule has 0 aliphatic heterocycles. The number of carbonyl (C=O) groups is 1.